The van der Waals surface area contributed by atoms with E-state index in [1.54, 1.807) is 18.3 Å². The molecule has 0 aliphatic rings. The number of nitrogens with two attached hydrogens (primary N) is 2. The molecule has 0 saturated heterocycles. The van der Waals surface area contributed by atoms with Crippen LogP contribution in [-0.4, -0.2) is 4.98 Å². The summed E-state index contributed by atoms with van der Waals surface area (Å²) in [6, 6.07) is 5.18. The number of hydrogen-bond acceptors (Lipinski definition) is 4. The van der Waals surface area contributed by atoms with Crippen LogP contribution in [0.3, 0.4) is 0 Å². The summed E-state index contributed by atoms with van der Waals surface area (Å²) >= 11 is 0. The summed E-state index contributed by atoms with van der Waals surface area (Å²) in [7, 11) is 0. The van der Waals surface area contributed by atoms with Gasteiger partial charge in [0, 0.05) is 12.2 Å². The van der Waals surface area contributed by atoms with Crippen LogP contribution in [0.2, 0.25) is 0 Å². The molecule has 1 rings (SSSR count). The molecular formula is C8H10N4. The summed E-state index contributed by atoms with van der Waals surface area (Å²) in [6.07, 6.45) is 1.88. The SMILES string of the molecule is N#CC[C@@H](N)c1ccnc(N)c1. The van der Waals surface area contributed by atoms with Crippen LogP contribution in [0.4, 0.5) is 5.82 Å². The second-order valence-corrected chi connectivity index (χ2v) is 2.48. The fourth-order valence-corrected chi connectivity index (χ4v) is 0.912. The Morgan fingerprint density at radius 2 is 2.42 bits per heavy atom. The zero-order chi connectivity index (χ0) is 8.97. The van der Waals surface area contributed by atoms with E-state index in [0.29, 0.717) is 12.2 Å². The lowest BCUT2D eigenvalue weighted by Gasteiger charge is -2.06. The monoisotopic (exact) mass is 162 g/mol. The van der Waals surface area contributed by atoms with Crippen molar-refractivity contribution >= 4 is 5.82 Å². The van der Waals surface area contributed by atoms with E-state index in [2.05, 4.69) is 4.98 Å². The lowest BCUT2D eigenvalue weighted by atomic mass is 10.1. The number of rotatable bonds is 2. The Labute approximate surface area is 70.8 Å². The number of nitrogen functional groups attached to an aromatic ring is 1. The highest BCUT2D eigenvalue weighted by molar-refractivity contribution is 5.33. The molecule has 0 fully saturated rings. The van der Waals surface area contributed by atoms with Crippen molar-refractivity contribution in [3.05, 3.63) is 23.9 Å². The number of anilines is 1. The minimum atomic E-state index is -0.264. The second kappa shape index (κ2) is 3.69. The fraction of sp³-hybridized carbons (Fsp3) is 0.250. The van der Waals surface area contributed by atoms with Gasteiger partial charge in [0.25, 0.3) is 0 Å². The van der Waals surface area contributed by atoms with E-state index in [9.17, 15) is 0 Å². The van der Waals surface area contributed by atoms with Crippen LogP contribution in [0.1, 0.15) is 18.0 Å². The highest BCUT2D eigenvalue weighted by Gasteiger charge is 2.04. The van der Waals surface area contributed by atoms with Gasteiger partial charge in [-0.1, -0.05) is 0 Å². The van der Waals surface area contributed by atoms with Gasteiger partial charge in [-0.2, -0.15) is 5.26 Å². The zero-order valence-corrected chi connectivity index (χ0v) is 6.57. The van der Waals surface area contributed by atoms with Crippen LogP contribution in [0.5, 0.6) is 0 Å². The minimum absolute atomic E-state index is 0.264. The molecule has 0 aliphatic carbocycles. The highest BCUT2D eigenvalue weighted by atomic mass is 14.8. The van der Waals surface area contributed by atoms with E-state index in [4.69, 9.17) is 16.7 Å². The first-order valence-electron chi connectivity index (χ1n) is 3.58. The molecule has 0 spiro atoms. The van der Waals surface area contributed by atoms with Crippen LogP contribution in [0, 0.1) is 11.3 Å². The maximum Gasteiger partial charge on any atom is 0.123 e. The third-order valence-corrected chi connectivity index (χ3v) is 1.54. The molecule has 1 heterocycles. The molecule has 0 radical (unpaired) electrons. The molecule has 0 bridgehead atoms. The normalized spacial score (nSPS) is 12.0. The lowest BCUT2D eigenvalue weighted by molar-refractivity contribution is 0.747. The van der Waals surface area contributed by atoms with Crippen molar-refractivity contribution < 1.29 is 0 Å². The van der Waals surface area contributed by atoms with E-state index in [1.807, 2.05) is 6.07 Å². The Hall–Kier alpha value is -1.60. The quantitative estimate of drug-likeness (QED) is 0.665. The van der Waals surface area contributed by atoms with Gasteiger partial charge in [0.2, 0.25) is 0 Å². The van der Waals surface area contributed by atoms with E-state index in [0.717, 1.165) is 5.56 Å². The van der Waals surface area contributed by atoms with Gasteiger partial charge < -0.3 is 11.5 Å². The average molecular weight is 162 g/mol. The van der Waals surface area contributed by atoms with Crippen molar-refractivity contribution in [3.8, 4) is 6.07 Å². The number of pyridine rings is 1. The molecule has 0 saturated carbocycles. The summed E-state index contributed by atoms with van der Waals surface area (Å²) < 4.78 is 0. The van der Waals surface area contributed by atoms with Crippen LogP contribution in [0.25, 0.3) is 0 Å². The largest absolute Gasteiger partial charge is 0.384 e. The van der Waals surface area contributed by atoms with E-state index < -0.39 is 0 Å². The Bertz CT molecular complexity index is 302. The smallest absolute Gasteiger partial charge is 0.123 e. The van der Waals surface area contributed by atoms with Gasteiger partial charge >= 0.3 is 0 Å². The molecule has 1 aromatic rings. The maximum absolute atomic E-state index is 8.39. The number of hydrogen-bond donors (Lipinski definition) is 2. The fourth-order valence-electron chi connectivity index (χ4n) is 0.912. The predicted molar refractivity (Wildman–Crippen MR) is 45.8 cm³/mol. The Morgan fingerprint density at radius 3 is 3.00 bits per heavy atom. The first kappa shape index (κ1) is 8.50. The van der Waals surface area contributed by atoms with Gasteiger partial charge in [-0.15, -0.1) is 0 Å². The molecule has 0 unspecified atom stereocenters. The molecule has 4 nitrogen and oxygen atoms in total. The molecular weight excluding hydrogens is 152 g/mol. The molecule has 1 aromatic heterocycles. The van der Waals surface area contributed by atoms with Gasteiger partial charge in [-0.05, 0) is 17.7 Å². The predicted octanol–water partition coefficient (Wildman–Crippen LogP) is 0.577. The van der Waals surface area contributed by atoms with Crippen molar-refractivity contribution in [3.63, 3.8) is 0 Å². The molecule has 1 atom stereocenters. The van der Waals surface area contributed by atoms with Crippen LogP contribution in [0.15, 0.2) is 18.3 Å². The standard InChI is InChI=1S/C8H10N4/c9-3-1-7(10)6-2-4-12-8(11)5-6/h2,4-5,7H,1,10H2,(H2,11,12)/t7-/m1/s1. The van der Waals surface area contributed by atoms with Gasteiger partial charge in [0.1, 0.15) is 5.82 Å². The number of aromatic nitrogens is 1. The Morgan fingerprint density at radius 1 is 1.67 bits per heavy atom. The Balaban J connectivity index is 2.82. The van der Waals surface area contributed by atoms with Crippen molar-refractivity contribution in [1.82, 2.24) is 4.98 Å². The number of nitriles is 1. The molecule has 0 amide bonds. The zero-order valence-electron chi connectivity index (χ0n) is 6.57. The van der Waals surface area contributed by atoms with Gasteiger partial charge in [-0.3, -0.25) is 0 Å². The van der Waals surface area contributed by atoms with E-state index in [1.165, 1.54) is 0 Å². The summed E-state index contributed by atoms with van der Waals surface area (Å²) in [5.41, 5.74) is 12.0. The topological polar surface area (TPSA) is 88.7 Å². The van der Waals surface area contributed by atoms with E-state index >= 15 is 0 Å². The average Bonchev–Trinajstić information content (AvgIpc) is 2.05. The van der Waals surface area contributed by atoms with Crippen molar-refractivity contribution in [2.24, 2.45) is 5.73 Å². The summed E-state index contributed by atoms with van der Waals surface area (Å²) in [5, 5.41) is 8.39. The molecule has 12 heavy (non-hydrogen) atoms. The minimum Gasteiger partial charge on any atom is -0.384 e. The Kier molecular flexibility index (Phi) is 2.62. The highest BCUT2D eigenvalue weighted by Crippen LogP contribution is 2.13. The molecule has 4 heteroatoms. The summed E-state index contributed by atoms with van der Waals surface area (Å²) in [4.78, 5) is 3.82. The first-order chi connectivity index (χ1) is 5.74. The molecule has 0 aromatic carbocycles. The summed E-state index contributed by atoms with van der Waals surface area (Å²) in [5.74, 6) is 0.431. The van der Waals surface area contributed by atoms with E-state index in [-0.39, 0.29) is 6.04 Å². The molecule has 62 valence electrons. The summed E-state index contributed by atoms with van der Waals surface area (Å²) in [6.45, 7) is 0. The number of nitrogens with zero attached hydrogens (tertiary/aromatic N) is 2. The van der Waals surface area contributed by atoms with Crippen LogP contribution >= 0.6 is 0 Å². The second-order valence-electron chi connectivity index (χ2n) is 2.48. The van der Waals surface area contributed by atoms with Crippen LogP contribution in [-0.2, 0) is 0 Å². The molecule has 0 aliphatic heterocycles. The third kappa shape index (κ3) is 1.94. The van der Waals surface area contributed by atoms with Gasteiger partial charge in [-0.25, -0.2) is 4.98 Å². The first-order valence-corrected chi connectivity index (χ1v) is 3.58. The van der Waals surface area contributed by atoms with Gasteiger partial charge in [0.05, 0.1) is 12.5 Å². The van der Waals surface area contributed by atoms with Crippen molar-refractivity contribution in [2.45, 2.75) is 12.5 Å². The lowest BCUT2D eigenvalue weighted by Crippen LogP contribution is -2.09. The van der Waals surface area contributed by atoms with Gasteiger partial charge in [0.15, 0.2) is 0 Å². The van der Waals surface area contributed by atoms with Crippen LogP contribution < -0.4 is 11.5 Å². The third-order valence-electron chi connectivity index (χ3n) is 1.54. The van der Waals surface area contributed by atoms with Crippen molar-refractivity contribution in [1.29, 1.82) is 5.26 Å². The molecule has 4 N–H and O–H groups in total. The van der Waals surface area contributed by atoms with Crippen molar-refractivity contribution in [2.75, 3.05) is 5.73 Å². The maximum atomic E-state index is 8.39.